The molecule has 8 unspecified atom stereocenters. The van der Waals surface area contributed by atoms with Crippen LogP contribution in [0, 0.1) is 0 Å². The van der Waals surface area contributed by atoms with Gasteiger partial charge < -0.3 is 45.1 Å². The smallest absolute Gasteiger partial charge is 0.306 e. The van der Waals surface area contributed by atoms with Crippen molar-refractivity contribution >= 4 is 11.9 Å². The minimum atomic E-state index is -1.62. The number of ether oxygens (including phenoxy) is 3. The van der Waals surface area contributed by atoms with Crippen molar-refractivity contribution in [1.82, 2.24) is 5.32 Å². The summed E-state index contributed by atoms with van der Waals surface area (Å²) < 4.78 is 17.7. The summed E-state index contributed by atoms with van der Waals surface area (Å²) in [6.45, 7) is 5.68. The molecule has 6 N–H and O–H groups in total. The highest BCUT2D eigenvalue weighted by molar-refractivity contribution is 5.80. The molecule has 1 saturated heterocycles. The Hall–Kier alpha value is -2.90. The second-order valence-corrected chi connectivity index (χ2v) is 24.6. The molecule has 0 aliphatic carbocycles. The molecular formula is C74H133NO10. The van der Waals surface area contributed by atoms with Crippen molar-refractivity contribution in [2.24, 2.45) is 0 Å². The average Bonchev–Trinajstić information content (AvgIpc) is 3.51. The fourth-order valence-corrected chi connectivity index (χ4v) is 11.0. The van der Waals surface area contributed by atoms with Gasteiger partial charge in [-0.15, -0.1) is 0 Å². The van der Waals surface area contributed by atoms with Gasteiger partial charge in [-0.05, 0) is 70.6 Å². The monoisotopic (exact) mass is 1200 g/mol. The molecule has 0 radical (unpaired) electrons. The predicted octanol–water partition coefficient (Wildman–Crippen LogP) is 18.3. The van der Waals surface area contributed by atoms with E-state index in [4.69, 9.17) is 14.2 Å². The van der Waals surface area contributed by atoms with Crippen molar-refractivity contribution in [2.45, 2.75) is 372 Å². The third kappa shape index (κ3) is 48.7. The summed E-state index contributed by atoms with van der Waals surface area (Å²) in [6.07, 6.45) is 69.7. The van der Waals surface area contributed by atoms with Gasteiger partial charge in [0.25, 0.3) is 0 Å². The number of aliphatic hydroxyl groups is 5. The maximum atomic E-state index is 13.4. The Bertz CT molecular complexity index is 1660. The lowest BCUT2D eigenvalue weighted by Gasteiger charge is -2.41. The Labute approximate surface area is 521 Å². The van der Waals surface area contributed by atoms with Crippen LogP contribution in [0.15, 0.2) is 72.9 Å². The van der Waals surface area contributed by atoms with Gasteiger partial charge in [-0.1, -0.05) is 318 Å². The first-order valence-electron chi connectivity index (χ1n) is 35.7. The lowest BCUT2D eigenvalue weighted by atomic mass is 9.99. The predicted molar refractivity (Wildman–Crippen MR) is 356 cm³/mol. The molecule has 1 fully saturated rings. The lowest BCUT2D eigenvalue weighted by molar-refractivity contribution is -0.305. The summed E-state index contributed by atoms with van der Waals surface area (Å²) in [5, 5.41) is 57.1. The summed E-state index contributed by atoms with van der Waals surface area (Å²) in [5.74, 6) is -1.22. The first-order chi connectivity index (χ1) is 41.7. The molecule has 1 heterocycles. The maximum absolute atomic E-state index is 13.4. The molecule has 0 spiro atoms. The first-order valence-corrected chi connectivity index (χ1v) is 35.7. The summed E-state index contributed by atoms with van der Waals surface area (Å²) in [4.78, 5) is 26.6. The van der Waals surface area contributed by atoms with Crippen molar-refractivity contribution in [3.8, 4) is 0 Å². The van der Waals surface area contributed by atoms with Crippen LogP contribution in [0.5, 0.6) is 0 Å². The second kappa shape index (κ2) is 61.3. The van der Waals surface area contributed by atoms with Crippen molar-refractivity contribution in [1.29, 1.82) is 0 Å². The van der Waals surface area contributed by atoms with E-state index in [0.717, 1.165) is 89.9 Å². The summed E-state index contributed by atoms with van der Waals surface area (Å²) in [6, 6.07) is -1.04. The Morgan fingerprint density at radius 2 is 0.847 bits per heavy atom. The van der Waals surface area contributed by atoms with E-state index in [-0.39, 0.29) is 19.4 Å². The number of esters is 1. The number of amides is 1. The molecule has 11 nitrogen and oxygen atoms in total. The van der Waals surface area contributed by atoms with Crippen molar-refractivity contribution < 1.29 is 49.3 Å². The van der Waals surface area contributed by atoms with E-state index in [9.17, 15) is 35.1 Å². The van der Waals surface area contributed by atoms with Gasteiger partial charge >= 0.3 is 5.97 Å². The molecule has 0 aromatic heterocycles. The number of carbonyl (C=O) groups excluding carboxylic acids is 2. The van der Waals surface area contributed by atoms with Crippen LogP contribution < -0.4 is 5.32 Å². The van der Waals surface area contributed by atoms with Gasteiger partial charge in [-0.2, -0.15) is 0 Å². The number of unbranched alkanes of at least 4 members (excludes halogenated alkanes) is 37. The number of carbonyl (C=O) groups is 2. The van der Waals surface area contributed by atoms with Gasteiger partial charge in [-0.3, -0.25) is 9.59 Å². The first kappa shape index (κ1) is 80.1. The standard InChI is InChI=1S/C74H133NO10/c1-4-7-10-13-16-19-22-24-26-28-30-31-32-33-34-35-36-37-38-40-42-44-47-50-53-56-59-62-69(79)85-72-71(81)70(80)68(63-76)84-74(72)83-64-65(66(77)60-57-54-51-48-45-21-18-15-12-9-6-3)75-73(82)67(78)61-58-55-52-49-46-43-41-39-29-27-25-23-20-17-14-11-8-5-2/h8,11,17,20,25,27,39,41,46,49,57,60,65-68,70-72,74,76-78,80-81H,4-7,9-10,12-16,18-19,21-24,26,28-38,40,42-45,47-48,50-56,58-59,61-64H2,1-3H3,(H,75,82)/b11-8-,20-17-,27-25-,41-39-,49-46-,60-57+. The van der Waals surface area contributed by atoms with E-state index in [1.165, 1.54) is 186 Å². The minimum Gasteiger partial charge on any atom is -0.454 e. The van der Waals surface area contributed by atoms with Gasteiger partial charge in [0, 0.05) is 6.42 Å². The molecule has 8 atom stereocenters. The highest BCUT2D eigenvalue weighted by atomic mass is 16.7. The van der Waals surface area contributed by atoms with Crippen LogP contribution in [0.25, 0.3) is 0 Å². The van der Waals surface area contributed by atoms with Gasteiger partial charge in [-0.25, -0.2) is 0 Å². The average molecular weight is 1200 g/mol. The number of allylic oxidation sites excluding steroid dienone is 11. The fraction of sp³-hybridized carbons (Fsp3) is 0.811. The van der Waals surface area contributed by atoms with E-state index in [2.05, 4.69) is 86.8 Å². The van der Waals surface area contributed by atoms with Crippen molar-refractivity contribution in [3.05, 3.63) is 72.9 Å². The highest BCUT2D eigenvalue weighted by Gasteiger charge is 2.47. The molecule has 1 aliphatic heterocycles. The maximum Gasteiger partial charge on any atom is 0.306 e. The lowest BCUT2D eigenvalue weighted by Crippen LogP contribution is -2.61. The second-order valence-electron chi connectivity index (χ2n) is 24.6. The largest absolute Gasteiger partial charge is 0.454 e. The van der Waals surface area contributed by atoms with Crippen molar-refractivity contribution in [3.63, 3.8) is 0 Å². The minimum absolute atomic E-state index is 0.121. The number of aliphatic hydroxyl groups excluding tert-OH is 5. The molecule has 0 aromatic carbocycles. The van der Waals surface area contributed by atoms with E-state index < -0.39 is 67.4 Å². The van der Waals surface area contributed by atoms with Crippen LogP contribution in [-0.4, -0.2) is 99.6 Å². The van der Waals surface area contributed by atoms with Gasteiger partial charge in [0.1, 0.15) is 24.4 Å². The number of hydrogen-bond donors (Lipinski definition) is 6. The summed E-state index contributed by atoms with van der Waals surface area (Å²) in [5.41, 5.74) is 0. The van der Waals surface area contributed by atoms with Crippen LogP contribution in [0.1, 0.15) is 323 Å². The summed E-state index contributed by atoms with van der Waals surface area (Å²) >= 11 is 0. The molecule has 1 aliphatic rings. The van der Waals surface area contributed by atoms with E-state index in [1.54, 1.807) is 6.08 Å². The highest BCUT2D eigenvalue weighted by Crippen LogP contribution is 2.26. The van der Waals surface area contributed by atoms with E-state index in [0.29, 0.717) is 12.8 Å². The third-order valence-electron chi connectivity index (χ3n) is 16.6. The molecule has 1 amide bonds. The normalized spacial score (nSPS) is 18.8. The van der Waals surface area contributed by atoms with Crippen LogP contribution in [0.2, 0.25) is 0 Å². The molecule has 494 valence electrons. The number of hydrogen-bond acceptors (Lipinski definition) is 10. The molecule has 85 heavy (non-hydrogen) atoms. The van der Waals surface area contributed by atoms with Gasteiger partial charge in [0.15, 0.2) is 12.4 Å². The van der Waals surface area contributed by atoms with E-state index in [1.807, 2.05) is 6.08 Å². The quantitative estimate of drug-likeness (QED) is 0.0195. The molecular weight excluding hydrogens is 1060 g/mol. The third-order valence-corrected chi connectivity index (χ3v) is 16.6. The van der Waals surface area contributed by atoms with Crippen LogP contribution in [-0.2, 0) is 23.8 Å². The van der Waals surface area contributed by atoms with Gasteiger partial charge in [0.05, 0.1) is 25.4 Å². The number of rotatable bonds is 61. The molecule has 11 heteroatoms. The SMILES string of the molecule is CC/C=C\C/C=C\C/C=C\C/C=C\C/C=C\CCCCC(O)C(=O)NC(COC1OC(CO)C(O)C(O)C1OC(=O)CCCCCCCCCCCCCCCCCCCCCCCCCCCCC)C(O)/C=C/CCCCCCCCCCC. The Morgan fingerprint density at radius 1 is 0.471 bits per heavy atom. The Kier molecular flexibility index (Phi) is 57.8. The number of nitrogens with one attached hydrogen (secondary N) is 1. The van der Waals surface area contributed by atoms with Crippen molar-refractivity contribution in [2.75, 3.05) is 13.2 Å². The van der Waals surface area contributed by atoms with Crippen LogP contribution in [0.3, 0.4) is 0 Å². The van der Waals surface area contributed by atoms with Crippen LogP contribution in [0.4, 0.5) is 0 Å². The van der Waals surface area contributed by atoms with Gasteiger partial charge in [0.2, 0.25) is 5.91 Å². The van der Waals surface area contributed by atoms with Crippen LogP contribution >= 0.6 is 0 Å². The molecule has 0 aromatic rings. The fourth-order valence-electron chi connectivity index (χ4n) is 11.0. The summed E-state index contributed by atoms with van der Waals surface area (Å²) in [7, 11) is 0. The topological polar surface area (TPSA) is 175 Å². The molecule has 0 saturated carbocycles. The zero-order valence-electron chi connectivity index (χ0n) is 55.0. The van der Waals surface area contributed by atoms with E-state index >= 15 is 0 Å². The zero-order valence-corrected chi connectivity index (χ0v) is 55.0. The molecule has 1 rings (SSSR count). The Balaban J connectivity index is 2.54. The Morgan fingerprint density at radius 3 is 1.27 bits per heavy atom. The zero-order chi connectivity index (χ0) is 61.7. The molecule has 0 bridgehead atoms.